The molecule has 34 heavy (non-hydrogen) atoms. The lowest BCUT2D eigenvalue weighted by Crippen LogP contribution is -2.40. The van der Waals surface area contributed by atoms with Gasteiger partial charge in [-0.25, -0.2) is 4.98 Å². The molecule has 11 heteroatoms. The van der Waals surface area contributed by atoms with Gasteiger partial charge in [-0.1, -0.05) is 5.16 Å². The van der Waals surface area contributed by atoms with Crippen molar-refractivity contribution in [3.63, 3.8) is 0 Å². The van der Waals surface area contributed by atoms with Crippen LogP contribution < -0.4 is 5.32 Å². The second kappa shape index (κ2) is 9.98. The van der Waals surface area contributed by atoms with E-state index in [2.05, 4.69) is 30.3 Å². The molecule has 0 aromatic carbocycles. The van der Waals surface area contributed by atoms with E-state index in [1.807, 2.05) is 12.1 Å². The van der Waals surface area contributed by atoms with Crippen LogP contribution in [0, 0.1) is 5.92 Å². The average molecular weight is 483 g/mol. The van der Waals surface area contributed by atoms with E-state index >= 15 is 0 Å². The zero-order valence-corrected chi connectivity index (χ0v) is 19.7. The van der Waals surface area contributed by atoms with Gasteiger partial charge >= 0.3 is 5.97 Å². The van der Waals surface area contributed by atoms with Gasteiger partial charge in [-0.15, -0.1) is 11.3 Å². The van der Waals surface area contributed by atoms with Crippen molar-refractivity contribution in [1.82, 2.24) is 25.0 Å². The van der Waals surface area contributed by atoms with Crippen molar-refractivity contribution in [2.24, 2.45) is 5.92 Å². The van der Waals surface area contributed by atoms with Crippen LogP contribution in [0.15, 0.2) is 29.0 Å². The third-order valence-electron chi connectivity index (χ3n) is 6.14. The lowest BCUT2D eigenvalue weighted by Gasteiger charge is -2.30. The Balaban J connectivity index is 1.18. The fourth-order valence-electron chi connectivity index (χ4n) is 4.50. The van der Waals surface area contributed by atoms with Crippen LogP contribution in [0.3, 0.4) is 0 Å². The third kappa shape index (κ3) is 4.85. The Morgan fingerprint density at radius 2 is 2.24 bits per heavy atom. The molecule has 1 amide bonds. The van der Waals surface area contributed by atoms with Crippen molar-refractivity contribution in [3.05, 3.63) is 41.0 Å². The number of ether oxygens (including phenoxy) is 1. The van der Waals surface area contributed by atoms with E-state index in [0.717, 1.165) is 48.4 Å². The highest BCUT2D eigenvalue weighted by Crippen LogP contribution is 2.39. The van der Waals surface area contributed by atoms with Gasteiger partial charge < -0.3 is 14.6 Å². The fourth-order valence-corrected chi connectivity index (χ4v) is 5.54. The summed E-state index contributed by atoms with van der Waals surface area (Å²) < 4.78 is 10.6. The van der Waals surface area contributed by atoms with Crippen molar-refractivity contribution in [2.45, 2.75) is 45.1 Å². The first-order valence-corrected chi connectivity index (χ1v) is 12.3. The Morgan fingerprint density at radius 1 is 1.32 bits per heavy atom. The number of aryl methyl sites for hydroxylation is 1. The SMILES string of the molecule is CCOC(=O)[C@H]1CCc2sc(NC(=O)[C@H]3CCCN(Cc4nc(-c5cccnc5)no4)C3)nc21. The number of likely N-dealkylation sites (tertiary alicyclic amines) is 1. The molecule has 1 fully saturated rings. The smallest absolute Gasteiger partial charge is 0.315 e. The first-order chi connectivity index (χ1) is 16.6. The topological polar surface area (TPSA) is 123 Å². The largest absolute Gasteiger partial charge is 0.465 e. The summed E-state index contributed by atoms with van der Waals surface area (Å²) in [4.78, 5) is 41.5. The van der Waals surface area contributed by atoms with Crippen LogP contribution in [0.2, 0.25) is 0 Å². The van der Waals surface area contributed by atoms with E-state index in [1.54, 1.807) is 19.3 Å². The second-order valence-corrected chi connectivity index (χ2v) is 9.57. The zero-order valence-electron chi connectivity index (χ0n) is 18.9. The summed E-state index contributed by atoms with van der Waals surface area (Å²) in [6, 6.07) is 3.71. The summed E-state index contributed by atoms with van der Waals surface area (Å²) in [6.45, 7) is 4.11. The highest BCUT2D eigenvalue weighted by atomic mass is 32.1. The standard InChI is InChI=1S/C23H26N6O4S/c1-2-32-22(31)16-7-8-17-19(16)26-23(34-17)27-21(30)15-6-4-10-29(12-15)13-18-25-20(28-33-18)14-5-3-9-24-11-14/h3,5,9,11,15-16H,2,4,6-8,10,12-13H2,1H3,(H,26,27,30)/t15-,16-/m0/s1. The Hall–Kier alpha value is -3.18. The molecule has 0 radical (unpaired) electrons. The van der Waals surface area contributed by atoms with Gasteiger partial charge in [0.2, 0.25) is 17.6 Å². The molecule has 1 N–H and O–H groups in total. The fraction of sp³-hybridized carbons (Fsp3) is 0.478. The number of pyridine rings is 1. The number of nitrogens with zero attached hydrogens (tertiary/aromatic N) is 5. The number of anilines is 1. The molecule has 178 valence electrons. The normalized spacial score (nSPS) is 20.1. The predicted molar refractivity (Wildman–Crippen MR) is 124 cm³/mol. The van der Waals surface area contributed by atoms with E-state index in [9.17, 15) is 9.59 Å². The molecule has 2 atom stereocenters. The van der Waals surface area contributed by atoms with Crippen LogP contribution in [0.1, 0.15) is 48.6 Å². The van der Waals surface area contributed by atoms with E-state index in [1.165, 1.54) is 11.3 Å². The van der Waals surface area contributed by atoms with Crippen molar-refractivity contribution < 1.29 is 18.8 Å². The third-order valence-corrected chi connectivity index (χ3v) is 7.19. The molecule has 0 unspecified atom stereocenters. The Morgan fingerprint density at radius 3 is 3.06 bits per heavy atom. The molecule has 0 bridgehead atoms. The first-order valence-electron chi connectivity index (χ1n) is 11.5. The van der Waals surface area contributed by atoms with Gasteiger partial charge in [0.25, 0.3) is 0 Å². The molecule has 0 saturated carbocycles. The van der Waals surface area contributed by atoms with Gasteiger partial charge in [0.1, 0.15) is 5.92 Å². The van der Waals surface area contributed by atoms with Crippen LogP contribution >= 0.6 is 11.3 Å². The van der Waals surface area contributed by atoms with Crippen LogP contribution in [0.25, 0.3) is 11.4 Å². The van der Waals surface area contributed by atoms with Gasteiger partial charge in [0.05, 0.1) is 24.8 Å². The molecule has 4 heterocycles. The number of carbonyl (C=O) groups excluding carboxylic acids is 2. The number of fused-ring (bicyclic) bond motifs is 1. The second-order valence-electron chi connectivity index (χ2n) is 8.49. The quantitative estimate of drug-likeness (QED) is 0.506. The molecule has 5 rings (SSSR count). The number of aromatic nitrogens is 4. The molecular formula is C23H26N6O4S. The van der Waals surface area contributed by atoms with Gasteiger partial charge in [0.15, 0.2) is 5.13 Å². The van der Waals surface area contributed by atoms with E-state index < -0.39 is 0 Å². The Kier molecular flexibility index (Phi) is 6.63. The molecule has 1 aliphatic carbocycles. The monoisotopic (exact) mass is 482 g/mol. The minimum Gasteiger partial charge on any atom is -0.465 e. The molecule has 3 aromatic heterocycles. The number of piperidine rings is 1. The first kappa shape index (κ1) is 22.6. The summed E-state index contributed by atoms with van der Waals surface area (Å²) in [6.07, 6.45) is 6.61. The van der Waals surface area contributed by atoms with Crippen LogP contribution in [0.4, 0.5) is 5.13 Å². The highest BCUT2D eigenvalue weighted by Gasteiger charge is 2.34. The van der Waals surface area contributed by atoms with E-state index in [0.29, 0.717) is 36.5 Å². The molecular weight excluding hydrogens is 456 g/mol. The summed E-state index contributed by atoms with van der Waals surface area (Å²) >= 11 is 1.45. The van der Waals surface area contributed by atoms with E-state index in [-0.39, 0.29) is 23.7 Å². The minimum absolute atomic E-state index is 0.0496. The molecule has 0 spiro atoms. The van der Waals surface area contributed by atoms with Crippen LogP contribution in [-0.2, 0) is 27.3 Å². The van der Waals surface area contributed by atoms with Crippen LogP contribution in [0.5, 0.6) is 0 Å². The summed E-state index contributed by atoms with van der Waals surface area (Å²) in [7, 11) is 0. The van der Waals surface area contributed by atoms with Crippen molar-refractivity contribution in [3.8, 4) is 11.4 Å². The number of hydrogen-bond donors (Lipinski definition) is 1. The molecule has 10 nitrogen and oxygen atoms in total. The van der Waals surface area contributed by atoms with Gasteiger partial charge in [-0.05, 0) is 51.3 Å². The minimum atomic E-state index is -0.326. The molecule has 3 aromatic rings. The summed E-state index contributed by atoms with van der Waals surface area (Å²) in [5, 5.41) is 7.57. The number of hydrogen-bond acceptors (Lipinski definition) is 10. The van der Waals surface area contributed by atoms with E-state index in [4.69, 9.17) is 9.26 Å². The number of amides is 1. The molecule has 1 aliphatic heterocycles. The predicted octanol–water partition coefficient (Wildman–Crippen LogP) is 3.03. The Bertz CT molecular complexity index is 1160. The average Bonchev–Trinajstić information content (AvgIpc) is 3.56. The maximum absolute atomic E-state index is 13.0. The van der Waals surface area contributed by atoms with Crippen LogP contribution in [-0.4, -0.2) is 56.6 Å². The molecule has 1 saturated heterocycles. The zero-order chi connectivity index (χ0) is 23.5. The van der Waals surface area contributed by atoms with Crippen molar-refractivity contribution >= 4 is 28.3 Å². The molecule has 2 aliphatic rings. The number of esters is 1. The summed E-state index contributed by atoms with van der Waals surface area (Å²) in [5.74, 6) is 0.252. The number of rotatable bonds is 7. The van der Waals surface area contributed by atoms with Gasteiger partial charge in [-0.2, -0.15) is 4.98 Å². The van der Waals surface area contributed by atoms with Crippen molar-refractivity contribution in [1.29, 1.82) is 0 Å². The lowest BCUT2D eigenvalue weighted by molar-refractivity contribution is -0.145. The number of thiazole rings is 1. The van der Waals surface area contributed by atoms with Gasteiger partial charge in [-0.3, -0.25) is 19.5 Å². The highest BCUT2D eigenvalue weighted by molar-refractivity contribution is 7.16. The maximum atomic E-state index is 13.0. The van der Waals surface area contributed by atoms with Crippen molar-refractivity contribution in [2.75, 3.05) is 25.0 Å². The summed E-state index contributed by atoms with van der Waals surface area (Å²) in [5.41, 5.74) is 1.55. The number of carbonyl (C=O) groups is 2. The Labute approximate surface area is 200 Å². The number of nitrogens with one attached hydrogen (secondary N) is 1. The lowest BCUT2D eigenvalue weighted by atomic mass is 9.97. The van der Waals surface area contributed by atoms with Gasteiger partial charge in [0, 0.05) is 29.4 Å². The maximum Gasteiger partial charge on any atom is 0.315 e.